The van der Waals surface area contributed by atoms with Gasteiger partial charge in [0.2, 0.25) is 5.91 Å². The monoisotopic (exact) mass is 274 g/mol. The van der Waals surface area contributed by atoms with Crippen LogP contribution in [-0.2, 0) is 4.79 Å². The van der Waals surface area contributed by atoms with Gasteiger partial charge in [-0.15, -0.1) is 0 Å². The predicted octanol–water partition coefficient (Wildman–Crippen LogP) is 2.93. The van der Waals surface area contributed by atoms with Crippen LogP contribution in [0.3, 0.4) is 0 Å². The van der Waals surface area contributed by atoms with Crippen LogP contribution >= 0.6 is 0 Å². The summed E-state index contributed by atoms with van der Waals surface area (Å²) in [4.78, 5) is 25.5. The normalized spacial score (nSPS) is 11.4. The van der Waals surface area contributed by atoms with Crippen molar-refractivity contribution in [3.63, 3.8) is 0 Å². The third-order valence-corrected chi connectivity index (χ3v) is 2.63. The molecule has 0 bridgehead atoms. The largest absolute Gasteiger partial charge is 0.383 e. The highest BCUT2D eigenvalue weighted by Gasteiger charge is 2.21. The Morgan fingerprint density at radius 1 is 1.10 bits per heavy atom. The van der Waals surface area contributed by atoms with E-state index in [1.54, 1.807) is 35.4 Å². The summed E-state index contributed by atoms with van der Waals surface area (Å²) in [6.45, 7) is 5.56. The molecule has 0 saturated carbocycles. The minimum Gasteiger partial charge on any atom is -0.383 e. The van der Waals surface area contributed by atoms with Crippen molar-refractivity contribution in [1.29, 1.82) is 0 Å². The number of ketones is 1. The van der Waals surface area contributed by atoms with Gasteiger partial charge in [-0.25, -0.2) is 0 Å². The number of hydrogen-bond donors (Lipinski definition) is 1. The maximum absolute atomic E-state index is 11.8. The van der Waals surface area contributed by atoms with Gasteiger partial charge in [0, 0.05) is 43.0 Å². The number of hydrogen-bond acceptors (Lipinski definition) is 3. The molecule has 0 unspecified atom stereocenters. The average Bonchev–Trinajstić information content (AvgIpc) is 2.35. The minimum atomic E-state index is -0.442. The van der Waals surface area contributed by atoms with Gasteiger partial charge >= 0.3 is 0 Å². The number of allylic oxidation sites excluding steroid dienone is 1. The molecule has 0 aliphatic carbocycles. The second-order valence-corrected chi connectivity index (χ2v) is 5.93. The molecule has 0 atom stereocenters. The standard InChI is InChI=1S/C16H22N2O2/c1-16(2,3)15(20)17-13-8-6-12(7-9-13)14(19)10-11-18(4)5/h6-11H,1-5H3,(H,17,20). The van der Waals surface area contributed by atoms with Gasteiger partial charge in [0.25, 0.3) is 0 Å². The van der Waals surface area contributed by atoms with Crippen molar-refractivity contribution >= 4 is 17.4 Å². The molecule has 1 aromatic rings. The molecule has 1 aromatic carbocycles. The highest BCUT2D eigenvalue weighted by atomic mass is 16.2. The quantitative estimate of drug-likeness (QED) is 0.678. The van der Waals surface area contributed by atoms with Crippen LogP contribution in [0.2, 0.25) is 0 Å². The SMILES string of the molecule is CN(C)C=CC(=O)c1ccc(NC(=O)C(C)(C)C)cc1. The molecule has 0 radical (unpaired) electrons. The number of anilines is 1. The number of rotatable bonds is 4. The van der Waals surface area contributed by atoms with Gasteiger partial charge < -0.3 is 10.2 Å². The molecule has 108 valence electrons. The van der Waals surface area contributed by atoms with E-state index in [-0.39, 0.29) is 11.7 Å². The molecule has 1 amide bonds. The highest BCUT2D eigenvalue weighted by Crippen LogP contribution is 2.18. The molecule has 1 N–H and O–H groups in total. The molecule has 0 fully saturated rings. The van der Waals surface area contributed by atoms with E-state index in [4.69, 9.17) is 0 Å². The molecule has 1 rings (SSSR count). The van der Waals surface area contributed by atoms with E-state index in [0.717, 1.165) is 0 Å². The topological polar surface area (TPSA) is 49.4 Å². The van der Waals surface area contributed by atoms with E-state index in [1.165, 1.54) is 6.08 Å². The lowest BCUT2D eigenvalue weighted by molar-refractivity contribution is -0.123. The molecular weight excluding hydrogens is 252 g/mol. The average molecular weight is 274 g/mol. The van der Waals surface area contributed by atoms with Gasteiger partial charge in [-0.1, -0.05) is 20.8 Å². The molecule has 0 aliphatic heterocycles. The first-order valence-corrected chi connectivity index (χ1v) is 6.50. The van der Waals surface area contributed by atoms with E-state index in [2.05, 4.69) is 5.32 Å². The fourth-order valence-corrected chi connectivity index (χ4v) is 1.35. The van der Waals surface area contributed by atoms with Crippen molar-refractivity contribution in [1.82, 2.24) is 4.90 Å². The highest BCUT2D eigenvalue weighted by molar-refractivity contribution is 6.04. The summed E-state index contributed by atoms with van der Waals surface area (Å²) in [6, 6.07) is 6.89. The zero-order chi connectivity index (χ0) is 15.3. The molecule has 4 nitrogen and oxygen atoms in total. The van der Waals surface area contributed by atoms with Crippen molar-refractivity contribution < 1.29 is 9.59 Å². The van der Waals surface area contributed by atoms with Crippen molar-refractivity contribution in [2.75, 3.05) is 19.4 Å². The number of carbonyl (C=O) groups is 2. The van der Waals surface area contributed by atoms with Crippen LogP contribution in [0, 0.1) is 5.41 Å². The van der Waals surface area contributed by atoms with Gasteiger partial charge in [0.15, 0.2) is 5.78 Å². The zero-order valence-electron chi connectivity index (χ0n) is 12.7. The fourth-order valence-electron chi connectivity index (χ4n) is 1.35. The van der Waals surface area contributed by atoms with Gasteiger partial charge in [0.05, 0.1) is 0 Å². The van der Waals surface area contributed by atoms with Crippen LogP contribution in [0.15, 0.2) is 36.5 Å². The van der Waals surface area contributed by atoms with Crippen LogP contribution in [0.5, 0.6) is 0 Å². The Morgan fingerprint density at radius 3 is 2.10 bits per heavy atom. The molecule has 0 saturated heterocycles. The lowest BCUT2D eigenvalue weighted by Gasteiger charge is -2.17. The summed E-state index contributed by atoms with van der Waals surface area (Å²) in [5.74, 6) is -0.114. The van der Waals surface area contributed by atoms with Crippen molar-refractivity contribution in [2.24, 2.45) is 5.41 Å². The molecule has 20 heavy (non-hydrogen) atoms. The molecular formula is C16H22N2O2. The van der Waals surface area contributed by atoms with Gasteiger partial charge in [-0.05, 0) is 24.3 Å². The maximum Gasteiger partial charge on any atom is 0.229 e. The van der Waals surface area contributed by atoms with Crippen LogP contribution < -0.4 is 5.32 Å². The van der Waals surface area contributed by atoms with Crippen LogP contribution in [-0.4, -0.2) is 30.7 Å². The Morgan fingerprint density at radius 2 is 1.65 bits per heavy atom. The van der Waals surface area contributed by atoms with E-state index in [9.17, 15) is 9.59 Å². The molecule has 4 heteroatoms. The van der Waals surface area contributed by atoms with Crippen LogP contribution in [0.25, 0.3) is 0 Å². The van der Waals surface area contributed by atoms with Gasteiger partial charge in [-0.3, -0.25) is 9.59 Å². The number of nitrogens with one attached hydrogen (secondary N) is 1. The zero-order valence-corrected chi connectivity index (χ0v) is 12.7. The Labute approximate surface area is 120 Å². The summed E-state index contributed by atoms with van der Waals surface area (Å²) in [6.07, 6.45) is 3.22. The van der Waals surface area contributed by atoms with E-state index < -0.39 is 5.41 Å². The molecule has 0 heterocycles. The Bertz CT molecular complexity index is 508. The van der Waals surface area contributed by atoms with Crippen molar-refractivity contribution in [3.8, 4) is 0 Å². The Kier molecular flexibility index (Phi) is 5.08. The smallest absolute Gasteiger partial charge is 0.229 e. The van der Waals surface area contributed by atoms with Gasteiger partial charge in [0.1, 0.15) is 0 Å². The Hall–Kier alpha value is -2.10. The van der Waals surface area contributed by atoms with Crippen LogP contribution in [0.1, 0.15) is 31.1 Å². The lowest BCUT2D eigenvalue weighted by Crippen LogP contribution is -2.27. The van der Waals surface area contributed by atoms with E-state index in [0.29, 0.717) is 11.3 Å². The summed E-state index contributed by atoms with van der Waals surface area (Å²) < 4.78 is 0. The lowest BCUT2D eigenvalue weighted by atomic mass is 9.95. The number of nitrogens with zero attached hydrogens (tertiary/aromatic N) is 1. The van der Waals surface area contributed by atoms with E-state index >= 15 is 0 Å². The summed E-state index contributed by atoms with van der Waals surface area (Å²) >= 11 is 0. The first-order chi connectivity index (χ1) is 9.20. The molecule has 0 aromatic heterocycles. The molecule has 0 aliphatic rings. The van der Waals surface area contributed by atoms with E-state index in [1.807, 2.05) is 34.9 Å². The second-order valence-electron chi connectivity index (χ2n) is 5.93. The number of benzene rings is 1. The third-order valence-electron chi connectivity index (χ3n) is 2.63. The summed E-state index contributed by atoms with van der Waals surface area (Å²) in [5, 5.41) is 2.82. The van der Waals surface area contributed by atoms with Gasteiger partial charge in [-0.2, -0.15) is 0 Å². The predicted molar refractivity (Wildman–Crippen MR) is 81.7 cm³/mol. The van der Waals surface area contributed by atoms with Crippen molar-refractivity contribution in [2.45, 2.75) is 20.8 Å². The number of carbonyl (C=O) groups excluding carboxylic acids is 2. The first-order valence-electron chi connectivity index (χ1n) is 6.50. The number of amides is 1. The Balaban J connectivity index is 2.74. The third kappa shape index (κ3) is 4.88. The van der Waals surface area contributed by atoms with Crippen molar-refractivity contribution in [3.05, 3.63) is 42.1 Å². The summed E-state index contributed by atoms with van der Waals surface area (Å²) in [7, 11) is 3.71. The van der Waals surface area contributed by atoms with Crippen LogP contribution in [0.4, 0.5) is 5.69 Å². The molecule has 0 spiro atoms. The summed E-state index contributed by atoms with van der Waals surface area (Å²) in [5.41, 5.74) is 0.845. The minimum absolute atomic E-state index is 0.0518. The first kappa shape index (κ1) is 16.0. The maximum atomic E-state index is 11.8. The second kappa shape index (κ2) is 6.37. The fraction of sp³-hybridized carbons (Fsp3) is 0.375.